The average Bonchev–Trinajstić information content (AvgIpc) is 2.29. The monoisotopic (exact) mass is 212 g/mol. The summed E-state index contributed by atoms with van der Waals surface area (Å²) in [4.78, 5) is 2.22. The van der Waals surface area contributed by atoms with Crippen LogP contribution in [-0.4, -0.2) is 51.0 Å². The zero-order chi connectivity index (χ0) is 10.9. The third-order valence-corrected chi connectivity index (χ3v) is 2.72. The van der Waals surface area contributed by atoms with Crippen molar-refractivity contribution in [2.45, 2.75) is 25.3 Å². The van der Waals surface area contributed by atoms with Gasteiger partial charge in [-0.2, -0.15) is 5.26 Å². The number of methoxy groups -OCH3 is 1. The summed E-state index contributed by atoms with van der Waals surface area (Å²) >= 11 is 0. The first-order chi connectivity index (χ1) is 7.38. The van der Waals surface area contributed by atoms with Crippen LogP contribution in [-0.2, 0) is 9.47 Å². The molecule has 1 heterocycles. The molecule has 0 spiro atoms. The van der Waals surface area contributed by atoms with Crippen molar-refractivity contribution in [1.82, 2.24) is 4.90 Å². The van der Waals surface area contributed by atoms with Gasteiger partial charge in [-0.3, -0.25) is 4.90 Å². The Bertz CT molecular complexity index is 203. The zero-order valence-electron chi connectivity index (χ0n) is 9.45. The fourth-order valence-corrected chi connectivity index (χ4v) is 1.83. The number of piperidine rings is 1. The summed E-state index contributed by atoms with van der Waals surface area (Å²) in [5.41, 5.74) is 0. The van der Waals surface area contributed by atoms with Crippen LogP contribution in [0.3, 0.4) is 0 Å². The highest BCUT2D eigenvalue weighted by atomic mass is 16.5. The zero-order valence-corrected chi connectivity index (χ0v) is 9.45. The van der Waals surface area contributed by atoms with Crippen LogP contribution in [0.2, 0.25) is 0 Å². The predicted octanol–water partition coefficient (Wildman–Crippen LogP) is 1.03. The lowest BCUT2D eigenvalue weighted by Crippen LogP contribution is -2.40. The van der Waals surface area contributed by atoms with E-state index in [0.29, 0.717) is 19.8 Å². The Morgan fingerprint density at radius 1 is 1.33 bits per heavy atom. The van der Waals surface area contributed by atoms with E-state index < -0.39 is 0 Å². The fraction of sp³-hybridized carbons (Fsp3) is 0.909. The largest absolute Gasteiger partial charge is 0.382 e. The number of hydrogen-bond acceptors (Lipinski definition) is 4. The molecule has 1 rings (SSSR count). The molecule has 0 N–H and O–H groups in total. The van der Waals surface area contributed by atoms with Crippen molar-refractivity contribution in [3.63, 3.8) is 0 Å². The number of likely N-dealkylation sites (tertiary alicyclic amines) is 1. The van der Waals surface area contributed by atoms with Crippen molar-refractivity contribution in [2.24, 2.45) is 0 Å². The van der Waals surface area contributed by atoms with E-state index >= 15 is 0 Å². The number of nitrogens with zero attached hydrogens (tertiary/aromatic N) is 2. The smallest absolute Gasteiger partial charge is 0.0978 e. The SMILES string of the molecule is COCCOCCN1CCCCC1C#N. The van der Waals surface area contributed by atoms with E-state index in [1.165, 1.54) is 12.8 Å². The molecule has 0 bridgehead atoms. The summed E-state index contributed by atoms with van der Waals surface area (Å²) in [5.74, 6) is 0. The van der Waals surface area contributed by atoms with Gasteiger partial charge in [0, 0.05) is 13.7 Å². The van der Waals surface area contributed by atoms with Gasteiger partial charge in [0.2, 0.25) is 0 Å². The Labute approximate surface area is 91.8 Å². The van der Waals surface area contributed by atoms with E-state index in [0.717, 1.165) is 19.5 Å². The summed E-state index contributed by atoms with van der Waals surface area (Å²) < 4.78 is 10.3. The molecule has 1 atom stereocenters. The first kappa shape index (κ1) is 12.4. The fourth-order valence-electron chi connectivity index (χ4n) is 1.83. The highest BCUT2D eigenvalue weighted by Crippen LogP contribution is 2.15. The van der Waals surface area contributed by atoms with Crippen LogP contribution in [0.4, 0.5) is 0 Å². The average molecular weight is 212 g/mol. The molecule has 0 saturated carbocycles. The van der Waals surface area contributed by atoms with Crippen molar-refractivity contribution >= 4 is 0 Å². The molecule has 1 fully saturated rings. The minimum absolute atomic E-state index is 0.102. The number of hydrogen-bond donors (Lipinski definition) is 0. The predicted molar refractivity (Wildman–Crippen MR) is 57.5 cm³/mol. The number of nitriles is 1. The maximum Gasteiger partial charge on any atom is 0.0978 e. The molecule has 1 saturated heterocycles. The van der Waals surface area contributed by atoms with Gasteiger partial charge in [-0.25, -0.2) is 0 Å². The van der Waals surface area contributed by atoms with Crippen LogP contribution in [0.1, 0.15) is 19.3 Å². The first-order valence-electron chi connectivity index (χ1n) is 5.59. The highest BCUT2D eigenvalue weighted by Gasteiger charge is 2.20. The van der Waals surface area contributed by atoms with Gasteiger partial charge in [0.1, 0.15) is 0 Å². The quantitative estimate of drug-likeness (QED) is 0.617. The van der Waals surface area contributed by atoms with Crippen LogP contribution in [0.15, 0.2) is 0 Å². The molecule has 0 aromatic heterocycles. The number of ether oxygens (including phenoxy) is 2. The second kappa shape index (κ2) is 7.63. The summed E-state index contributed by atoms with van der Waals surface area (Å²) in [6.07, 6.45) is 3.39. The summed E-state index contributed by atoms with van der Waals surface area (Å²) in [7, 11) is 1.67. The molecule has 0 radical (unpaired) electrons. The van der Waals surface area contributed by atoms with E-state index in [9.17, 15) is 0 Å². The van der Waals surface area contributed by atoms with E-state index in [-0.39, 0.29) is 6.04 Å². The van der Waals surface area contributed by atoms with Gasteiger partial charge in [-0.15, -0.1) is 0 Å². The van der Waals surface area contributed by atoms with Crippen molar-refractivity contribution in [3.05, 3.63) is 0 Å². The Kier molecular flexibility index (Phi) is 6.33. The molecule has 4 nitrogen and oxygen atoms in total. The Morgan fingerprint density at radius 2 is 2.20 bits per heavy atom. The van der Waals surface area contributed by atoms with Gasteiger partial charge in [0.25, 0.3) is 0 Å². The van der Waals surface area contributed by atoms with Crippen LogP contribution >= 0.6 is 0 Å². The van der Waals surface area contributed by atoms with Crippen molar-refractivity contribution in [3.8, 4) is 6.07 Å². The molecule has 1 aliphatic rings. The second-order valence-corrected chi connectivity index (χ2v) is 3.78. The molecule has 0 aromatic carbocycles. The molecule has 15 heavy (non-hydrogen) atoms. The lowest BCUT2D eigenvalue weighted by Gasteiger charge is -2.30. The minimum Gasteiger partial charge on any atom is -0.382 e. The molecule has 86 valence electrons. The van der Waals surface area contributed by atoms with E-state index in [2.05, 4.69) is 11.0 Å². The van der Waals surface area contributed by atoms with E-state index in [1.54, 1.807) is 7.11 Å². The molecular weight excluding hydrogens is 192 g/mol. The van der Waals surface area contributed by atoms with Gasteiger partial charge < -0.3 is 9.47 Å². The first-order valence-corrected chi connectivity index (χ1v) is 5.59. The molecule has 0 aromatic rings. The van der Waals surface area contributed by atoms with Gasteiger partial charge in [0.05, 0.1) is 31.9 Å². The van der Waals surface area contributed by atoms with Crippen LogP contribution in [0.25, 0.3) is 0 Å². The van der Waals surface area contributed by atoms with Crippen LogP contribution in [0.5, 0.6) is 0 Å². The molecule has 4 heteroatoms. The maximum absolute atomic E-state index is 8.95. The normalized spacial score (nSPS) is 22.5. The van der Waals surface area contributed by atoms with E-state index in [1.807, 2.05) is 0 Å². The molecule has 1 aliphatic heterocycles. The molecule has 0 amide bonds. The van der Waals surface area contributed by atoms with Gasteiger partial charge in [-0.05, 0) is 25.8 Å². The lowest BCUT2D eigenvalue weighted by molar-refractivity contribution is 0.0487. The maximum atomic E-state index is 8.95. The highest BCUT2D eigenvalue weighted by molar-refractivity contribution is 4.93. The Hall–Kier alpha value is -0.630. The van der Waals surface area contributed by atoms with Crippen molar-refractivity contribution in [1.29, 1.82) is 5.26 Å². The van der Waals surface area contributed by atoms with Crippen LogP contribution in [0, 0.1) is 11.3 Å². The van der Waals surface area contributed by atoms with E-state index in [4.69, 9.17) is 14.7 Å². The summed E-state index contributed by atoms with van der Waals surface area (Å²) in [6, 6.07) is 2.45. The third kappa shape index (κ3) is 4.61. The molecule has 1 unspecified atom stereocenters. The minimum atomic E-state index is 0.102. The lowest BCUT2D eigenvalue weighted by atomic mass is 10.0. The summed E-state index contributed by atoms with van der Waals surface area (Å²) in [5, 5.41) is 8.95. The van der Waals surface area contributed by atoms with Crippen molar-refractivity contribution < 1.29 is 9.47 Å². The standard InChI is InChI=1S/C11H20N2O2/c1-14-8-9-15-7-6-13-5-3-2-4-11(13)10-12/h11H,2-9H2,1H3. The van der Waals surface area contributed by atoms with Gasteiger partial charge in [-0.1, -0.05) is 0 Å². The second-order valence-electron chi connectivity index (χ2n) is 3.78. The summed E-state index contributed by atoms with van der Waals surface area (Å²) in [6.45, 7) is 3.87. The van der Waals surface area contributed by atoms with Crippen molar-refractivity contribution in [2.75, 3.05) is 40.0 Å². The molecule has 0 aliphatic carbocycles. The topological polar surface area (TPSA) is 45.5 Å². The Balaban J connectivity index is 2.10. The van der Waals surface area contributed by atoms with Gasteiger partial charge in [0.15, 0.2) is 0 Å². The third-order valence-electron chi connectivity index (χ3n) is 2.72. The van der Waals surface area contributed by atoms with Gasteiger partial charge >= 0.3 is 0 Å². The van der Waals surface area contributed by atoms with Crippen LogP contribution < -0.4 is 0 Å². The Morgan fingerprint density at radius 3 is 2.93 bits per heavy atom. The number of rotatable bonds is 6. The molecular formula is C11H20N2O2.